The molecule has 6 heteroatoms. The normalized spacial score (nSPS) is 10.5. The minimum absolute atomic E-state index is 0. The minimum Gasteiger partial charge on any atom is -0.329 e. The molecule has 1 amide bonds. The van der Waals surface area contributed by atoms with Crippen LogP contribution in [-0.2, 0) is 11.2 Å². The van der Waals surface area contributed by atoms with Gasteiger partial charge in [0.1, 0.15) is 0 Å². The van der Waals surface area contributed by atoms with Crippen LogP contribution < -0.4 is 11.1 Å². The van der Waals surface area contributed by atoms with Crippen LogP contribution >= 0.6 is 24.0 Å². The molecular weight excluding hydrogens is 369 g/mol. The van der Waals surface area contributed by atoms with Crippen LogP contribution in [0.1, 0.15) is 16.7 Å². The second-order valence-electron chi connectivity index (χ2n) is 6.29. The number of carbonyl (C=O) groups is 1. The summed E-state index contributed by atoms with van der Waals surface area (Å²) in [6.45, 7) is 6.22. The lowest BCUT2D eigenvalue weighted by atomic mass is 10.1. The predicted octanol–water partition coefficient (Wildman–Crippen LogP) is 3.82. The highest BCUT2D eigenvalue weighted by molar-refractivity contribution is 6.34. The van der Waals surface area contributed by atoms with Crippen LogP contribution in [0.5, 0.6) is 0 Å². The fraction of sp³-hybridized carbons (Fsp3) is 0.350. The highest BCUT2D eigenvalue weighted by atomic mass is 35.5. The van der Waals surface area contributed by atoms with Crippen molar-refractivity contribution in [2.75, 3.05) is 31.5 Å². The fourth-order valence-corrected chi connectivity index (χ4v) is 3.21. The van der Waals surface area contributed by atoms with Crippen LogP contribution in [0.15, 0.2) is 42.5 Å². The van der Waals surface area contributed by atoms with Crippen molar-refractivity contribution in [3.63, 3.8) is 0 Å². The molecule has 0 aliphatic heterocycles. The molecule has 0 heterocycles. The van der Waals surface area contributed by atoms with Crippen molar-refractivity contribution in [2.45, 2.75) is 20.3 Å². The van der Waals surface area contributed by atoms with Gasteiger partial charge in [-0.05, 0) is 43.0 Å². The first-order valence-corrected chi connectivity index (χ1v) is 8.90. The van der Waals surface area contributed by atoms with Crippen molar-refractivity contribution in [1.82, 2.24) is 4.90 Å². The van der Waals surface area contributed by atoms with Gasteiger partial charge < -0.3 is 11.1 Å². The number of carbonyl (C=O) groups excluding carboxylic acids is 1. The Morgan fingerprint density at radius 1 is 1.15 bits per heavy atom. The Bertz CT molecular complexity index is 684. The Morgan fingerprint density at radius 2 is 1.85 bits per heavy atom. The summed E-state index contributed by atoms with van der Waals surface area (Å²) in [6, 6.07) is 14.1. The zero-order valence-electron chi connectivity index (χ0n) is 15.3. The Labute approximate surface area is 167 Å². The van der Waals surface area contributed by atoms with Crippen molar-refractivity contribution < 1.29 is 4.79 Å². The van der Waals surface area contributed by atoms with Crippen LogP contribution in [0.4, 0.5) is 5.69 Å². The number of hydrogen-bond acceptors (Lipinski definition) is 3. The maximum absolute atomic E-state index is 12.4. The summed E-state index contributed by atoms with van der Waals surface area (Å²) in [7, 11) is 0. The molecule has 3 N–H and O–H groups in total. The summed E-state index contributed by atoms with van der Waals surface area (Å²) in [4.78, 5) is 14.5. The molecule has 0 bridgehead atoms. The summed E-state index contributed by atoms with van der Waals surface area (Å²) in [5.74, 6) is -0.0737. The molecule has 0 radical (unpaired) electrons. The first-order valence-electron chi connectivity index (χ1n) is 8.52. The number of halogens is 2. The topological polar surface area (TPSA) is 58.4 Å². The van der Waals surface area contributed by atoms with Gasteiger partial charge in [-0.1, -0.05) is 48.0 Å². The van der Waals surface area contributed by atoms with Gasteiger partial charge in [0.05, 0.1) is 17.3 Å². The Morgan fingerprint density at radius 3 is 2.46 bits per heavy atom. The average Bonchev–Trinajstić information content (AvgIpc) is 2.57. The SMILES string of the molecule is Cc1cc(C)c(NC(=O)CN(CCN)CCc2ccccc2)c(Cl)c1.Cl. The van der Waals surface area contributed by atoms with Gasteiger partial charge in [0, 0.05) is 19.6 Å². The third-order valence-corrected chi connectivity index (χ3v) is 4.37. The molecule has 0 fully saturated rings. The largest absolute Gasteiger partial charge is 0.329 e. The zero-order valence-corrected chi connectivity index (χ0v) is 16.9. The van der Waals surface area contributed by atoms with E-state index >= 15 is 0 Å². The van der Waals surface area contributed by atoms with Crippen molar-refractivity contribution in [3.05, 3.63) is 64.2 Å². The fourth-order valence-electron chi connectivity index (χ4n) is 2.84. The van der Waals surface area contributed by atoms with Gasteiger partial charge in [0.2, 0.25) is 5.91 Å². The van der Waals surface area contributed by atoms with Crippen molar-refractivity contribution in [3.8, 4) is 0 Å². The molecule has 0 aliphatic rings. The zero-order chi connectivity index (χ0) is 18.2. The molecule has 0 aliphatic carbocycles. The number of nitrogens with one attached hydrogen (secondary N) is 1. The molecule has 4 nitrogen and oxygen atoms in total. The maximum atomic E-state index is 12.4. The minimum atomic E-state index is -0.0737. The van der Waals surface area contributed by atoms with Crippen LogP contribution in [0, 0.1) is 13.8 Å². The first-order chi connectivity index (χ1) is 12.0. The van der Waals surface area contributed by atoms with Gasteiger partial charge >= 0.3 is 0 Å². The number of hydrogen-bond donors (Lipinski definition) is 2. The quantitative estimate of drug-likeness (QED) is 0.713. The van der Waals surface area contributed by atoms with E-state index < -0.39 is 0 Å². The van der Waals surface area contributed by atoms with Crippen molar-refractivity contribution in [1.29, 1.82) is 0 Å². The van der Waals surface area contributed by atoms with Gasteiger partial charge in [-0.3, -0.25) is 9.69 Å². The summed E-state index contributed by atoms with van der Waals surface area (Å²) >= 11 is 6.27. The number of anilines is 1. The van der Waals surface area contributed by atoms with Gasteiger partial charge in [-0.15, -0.1) is 12.4 Å². The Kier molecular flexibility index (Phi) is 9.66. The van der Waals surface area contributed by atoms with E-state index in [2.05, 4.69) is 22.3 Å². The Balaban J connectivity index is 0.00000338. The lowest BCUT2D eigenvalue weighted by Crippen LogP contribution is -2.38. The molecule has 2 aromatic rings. The molecule has 142 valence electrons. The average molecular weight is 396 g/mol. The highest BCUT2D eigenvalue weighted by Crippen LogP contribution is 2.27. The van der Waals surface area contributed by atoms with Gasteiger partial charge in [-0.2, -0.15) is 0 Å². The van der Waals surface area contributed by atoms with Crippen LogP contribution in [0.25, 0.3) is 0 Å². The van der Waals surface area contributed by atoms with Gasteiger partial charge in [0.15, 0.2) is 0 Å². The lowest BCUT2D eigenvalue weighted by molar-refractivity contribution is -0.117. The summed E-state index contributed by atoms with van der Waals surface area (Å²) in [6.07, 6.45) is 0.887. The van der Waals surface area contributed by atoms with Gasteiger partial charge in [-0.25, -0.2) is 0 Å². The lowest BCUT2D eigenvalue weighted by Gasteiger charge is -2.21. The molecule has 0 aromatic heterocycles. The van der Waals surface area contributed by atoms with E-state index in [1.165, 1.54) is 5.56 Å². The second-order valence-corrected chi connectivity index (χ2v) is 6.69. The molecule has 0 unspecified atom stereocenters. The van der Waals surface area contributed by atoms with E-state index in [-0.39, 0.29) is 18.3 Å². The molecular formula is C20H27Cl2N3O. The number of amides is 1. The summed E-state index contributed by atoms with van der Waals surface area (Å²) in [5, 5.41) is 3.51. The van der Waals surface area contributed by atoms with Crippen LogP contribution in [0.2, 0.25) is 5.02 Å². The van der Waals surface area contributed by atoms with E-state index in [1.54, 1.807) is 0 Å². The smallest absolute Gasteiger partial charge is 0.238 e. The number of nitrogens with two attached hydrogens (primary N) is 1. The van der Waals surface area contributed by atoms with Crippen LogP contribution in [0.3, 0.4) is 0 Å². The van der Waals surface area contributed by atoms with Gasteiger partial charge in [0.25, 0.3) is 0 Å². The van der Waals surface area contributed by atoms with E-state index in [9.17, 15) is 4.79 Å². The number of aryl methyl sites for hydroxylation is 2. The monoisotopic (exact) mass is 395 g/mol. The first kappa shape index (κ1) is 22.5. The van der Waals surface area contributed by atoms with E-state index in [4.69, 9.17) is 17.3 Å². The van der Waals surface area contributed by atoms with Crippen molar-refractivity contribution in [2.24, 2.45) is 5.73 Å². The number of rotatable bonds is 8. The van der Waals surface area contributed by atoms with Crippen LogP contribution in [-0.4, -0.2) is 37.0 Å². The third-order valence-electron chi connectivity index (χ3n) is 4.07. The van der Waals surface area contributed by atoms with E-state index in [1.807, 2.05) is 44.2 Å². The molecule has 0 atom stereocenters. The molecule has 2 rings (SSSR count). The Hall–Kier alpha value is -1.59. The standard InChI is InChI=1S/C20H26ClN3O.ClH/c1-15-12-16(2)20(18(21)13-15)23-19(25)14-24(11-9-22)10-8-17-6-4-3-5-7-17;/h3-7,12-13H,8-11,14,22H2,1-2H3,(H,23,25);1H. The molecule has 0 saturated heterocycles. The molecule has 2 aromatic carbocycles. The summed E-state index contributed by atoms with van der Waals surface area (Å²) in [5.41, 5.74) is 9.68. The van der Waals surface area contributed by atoms with Crippen molar-refractivity contribution >= 4 is 35.6 Å². The maximum Gasteiger partial charge on any atom is 0.238 e. The number of benzene rings is 2. The third kappa shape index (κ3) is 6.96. The molecule has 0 saturated carbocycles. The summed E-state index contributed by atoms with van der Waals surface area (Å²) < 4.78 is 0. The molecule has 26 heavy (non-hydrogen) atoms. The van der Waals surface area contributed by atoms with E-state index in [0.717, 1.165) is 24.1 Å². The molecule has 0 spiro atoms. The van der Waals surface area contributed by atoms with E-state index in [0.29, 0.717) is 30.3 Å². The highest BCUT2D eigenvalue weighted by Gasteiger charge is 2.13. The predicted molar refractivity (Wildman–Crippen MR) is 112 cm³/mol. The second kappa shape index (κ2) is 11.2. The number of nitrogens with zero attached hydrogens (tertiary/aromatic N) is 1.